The van der Waals surface area contributed by atoms with Gasteiger partial charge in [-0.05, 0) is 12.9 Å². The Labute approximate surface area is 71.4 Å². The molecule has 0 aliphatic heterocycles. The number of aromatic nitrogens is 1. The number of nitrogen functional groups attached to an aromatic ring is 1. The second kappa shape index (κ2) is 2.66. The molecule has 1 aromatic heterocycles. The average Bonchev–Trinajstić information content (AvgIpc) is 2.00. The summed E-state index contributed by atoms with van der Waals surface area (Å²) in [4.78, 5) is 3.21. The van der Waals surface area contributed by atoms with E-state index in [1.165, 1.54) is 0 Å². The van der Waals surface area contributed by atoms with Gasteiger partial charge in [0.25, 0.3) is 0 Å². The number of anilines is 1. The van der Waals surface area contributed by atoms with Gasteiger partial charge in [0.1, 0.15) is 0 Å². The first-order valence-corrected chi connectivity index (χ1v) is 2.95. The van der Waals surface area contributed by atoms with Crippen LogP contribution in [0.1, 0.15) is 15.4 Å². The number of halogens is 3. The van der Waals surface area contributed by atoms with Crippen molar-refractivity contribution < 1.29 is 17.3 Å². The van der Waals surface area contributed by atoms with Crippen molar-refractivity contribution in [3.05, 3.63) is 23.5 Å². The Morgan fingerprint density at radius 3 is 2.75 bits per heavy atom. The van der Waals surface area contributed by atoms with Gasteiger partial charge < -0.3 is 5.73 Å². The Balaban J connectivity index is 3.41. The van der Waals surface area contributed by atoms with Gasteiger partial charge in [-0.1, -0.05) is 0 Å². The third-order valence-electron chi connectivity index (χ3n) is 1.21. The van der Waals surface area contributed by atoms with Crippen molar-refractivity contribution in [1.29, 1.82) is 0 Å². The maximum absolute atomic E-state index is 12.4. The Kier molecular flexibility index (Phi) is 1.19. The first-order valence-electron chi connectivity index (χ1n) is 4.45. The van der Waals surface area contributed by atoms with E-state index in [0.717, 1.165) is 6.20 Å². The molecule has 0 amide bonds. The fourth-order valence-electron chi connectivity index (χ4n) is 0.697. The zero-order valence-electron chi connectivity index (χ0n) is 8.81. The van der Waals surface area contributed by atoms with E-state index >= 15 is 0 Å². The van der Waals surface area contributed by atoms with E-state index in [2.05, 4.69) is 4.98 Å². The normalized spacial score (nSPS) is 16.4. The van der Waals surface area contributed by atoms with Gasteiger partial charge >= 0.3 is 6.18 Å². The number of hydrogen-bond acceptors (Lipinski definition) is 2. The number of rotatable bonds is 0. The Hall–Kier alpha value is -1.26. The first kappa shape index (κ1) is 5.40. The lowest BCUT2D eigenvalue weighted by atomic mass is 10.2. The summed E-state index contributed by atoms with van der Waals surface area (Å²) in [5, 5.41) is 0. The van der Waals surface area contributed by atoms with E-state index < -0.39 is 24.3 Å². The summed E-state index contributed by atoms with van der Waals surface area (Å²) >= 11 is 0. The van der Waals surface area contributed by atoms with Crippen LogP contribution >= 0.6 is 0 Å². The first-order chi connectivity index (χ1) is 6.62. The van der Waals surface area contributed by atoms with Crippen LogP contribution in [0.3, 0.4) is 0 Å². The van der Waals surface area contributed by atoms with Crippen LogP contribution in [-0.2, 0) is 6.18 Å². The summed E-state index contributed by atoms with van der Waals surface area (Å²) in [5.41, 5.74) is 2.60. The molecule has 0 unspecified atom stereocenters. The molecule has 0 radical (unpaired) electrons. The number of pyridine rings is 1. The lowest BCUT2D eigenvalue weighted by Crippen LogP contribution is -2.09. The van der Waals surface area contributed by atoms with E-state index in [4.69, 9.17) is 9.85 Å². The van der Waals surface area contributed by atoms with E-state index in [1.54, 1.807) is 0 Å². The molecular weight excluding hydrogens is 169 g/mol. The summed E-state index contributed by atoms with van der Waals surface area (Å²) in [6, 6.07) is 0.564. The maximum Gasteiger partial charge on any atom is 0.418 e. The van der Waals surface area contributed by atoms with Crippen molar-refractivity contribution in [3.63, 3.8) is 0 Å². The molecule has 0 saturated heterocycles. The SMILES string of the molecule is [2H]C([2H])([2H])c1ncc(N)cc1C(F)(F)F. The van der Waals surface area contributed by atoms with E-state index in [9.17, 15) is 13.2 Å². The molecule has 66 valence electrons. The van der Waals surface area contributed by atoms with E-state index in [-0.39, 0.29) is 5.69 Å². The summed E-state index contributed by atoms with van der Waals surface area (Å²) in [6.45, 7) is -2.90. The summed E-state index contributed by atoms with van der Waals surface area (Å²) in [6.07, 6.45) is -3.89. The van der Waals surface area contributed by atoms with Crippen LogP contribution in [0.15, 0.2) is 12.3 Å². The topological polar surface area (TPSA) is 38.9 Å². The molecule has 5 heteroatoms. The molecule has 0 spiro atoms. The molecule has 2 nitrogen and oxygen atoms in total. The molecule has 0 bridgehead atoms. The molecule has 0 atom stereocenters. The lowest BCUT2D eigenvalue weighted by Gasteiger charge is -2.09. The standard InChI is InChI=1S/C7H7F3N2/c1-4-6(7(8,9)10)2-5(11)3-12-4/h2-3H,11H2,1H3/i1D3. The summed E-state index contributed by atoms with van der Waals surface area (Å²) < 4.78 is 57.9. The highest BCUT2D eigenvalue weighted by molar-refractivity contribution is 5.40. The third-order valence-corrected chi connectivity index (χ3v) is 1.21. The molecule has 0 fully saturated rings. The smallest absolute Gasteiger partial charge is 0.397 e. The maximum atomic E-state index is 12.4. The van der Waals surface area contributed by atoms with Gasteiger partial charge in [-0.3, -0.25) is 4.98 Å². The van der Waals surface area contributed by atoms with Crippen LogP contribution in [0.4, 0.5) is 18.9 Å². The summed E-state index contributed by atoms with van der Waals surface area (Å²) in [5.74, 6) is 0. The predicted molar refractivity (Wildman–Crippen MR) is 38.4 cm³/mol. The van der Waals surface area contributed by atoms with Gasteiger partial charge in [0.2, 0.25) is 0 Å². The number of nitrogens with zero attached hydrogens (tertiary/aromatic N) is 1. The van der Waals surface area contributed by atoms with Gasteiger partial charge in [-0.25, -0.2) is 0 Å². The van der Waals surface area contributed by atoms with Crippen molar-refractivity contribution in [2.24, 2.45) is 0 Å². The molecule has 0 aliphatic rings. The van der Waals surface area contributed by atoms with Crippen LogP contribution < -0.4 is 5.73 Å². The Morgan fingerprint density at radius 1 is 1.58 bits per heavy atom. The largest absolute Gasteiger partial charge is 0.418 e. The highest BCUT2D eigenvalue weighted by atomic mass is 19.4. The zero-order valence-corrected chi connectivity index (χ0v) is 5.81. The molecule has 0 aromatic carbocycles. The van der Waals surface area contributed by atoms with Crippen molar-refractivity contribution in [2.75, 3.05) is 5.73 Å². The minimum atomic E-state index is -4.77. The van der Waals surface area contributed by atoms with Gasteiger partial charge in [-0.15, -0.1) is 0 Å². The van der Waals surface area contributed by atoms with Gasteiger partial charge in [0, 0.05) is 9.81 Å². The highest BCUT2D eigenvalue weighted by Crippen LogP contribution is 2.31. The molecule has 1 aromatic rings. The minimum Gasteiger partial charge on any atom is -0.397 e. The van der Waals surface area contributed by atoms with Crippen LogP contribution in [0.25, 0.3) is 0 Å². The molecule has 0 aliphatic carbocycles. The molecular formula is C7H7F3N2. The number of nitrogens with two attached hydrogens (primary N) is 1. The summed E-state index contributed by atoms with van der Waals surface area (Å²) in [7, 11) is 0. The zero-order chi connectivity index (χ0) is 11.9. The highest BCUT2D eigenvalue weighted by Gasteiger charge is 2.32. The Bertz CT molecular complexity index is 373. The number of hydrogen-bond donors (Lipinski definition) is 1. The second-order valence-corrected chi connectivity index (χ2v) is 2.16. The fraction of sp³-hybridized carbons (Fsp3) is 0.286. The van der Waals surface area contributed by atoms with E-state index in [1.807, 2.05) is 0 Å². The fourth-order valence-corrected chi connectivity index (χ4v) is 0.697. The quantitative estimate of drug-likeness (QED) is 0.661. The van der Waals surface area contributed by atoms with E-state index in [0.29, 0.717) is 6.07 Å². The lowest BCUT2D eigenvalue weighted by molar-refractivity contribution is -0.138. The number of aryl methyl sites for hydroxylation is 1. The molecule has 1 heterocycles. The number of alkyl halides is 3. The van der Waals surface area contributed by atoms with Gasteiger partial charge in [0.05, 0.1) is 17.4 Å². The predicted octanol–water partition coefficient (Wildman–Crippen LogP) is 1.99. The Morgan fingerprint density at radius 2 is 2.25 bits per heavy atom. The van der Waals surface area contributed by atoms with Crippen molar-refractivity contribution in [1.82, 2.24) is 4.98 Å². The monoisotopic (exact) mass is 179 g/mol. The van der Waals surface area contributed by atoms with Crippen molar-refractivity contribution in [3.8, 4) is 0 Å². The van der Waals surface area contributed by atoms with Gasteiger partial charge in [0.15, 0.2) is 0 Å². The van der Waals surface area contributed by atoms with Crippen LogP contribution in [-0.4, -0.2) is 4.98 Å². The third kappa shape index (κ3) is 1.66. The average molecular weight is 179 g/mol. The molecule has 2 N–H and O–H groups in total. The van der Waals surface area contributed by atoms with Crippen LogP contribution in [0.2, 0.25) is 0 Å². The molecule has 1 rings (SSSR count). The van der Waals surface area contributed by atoms with Crippen LogP contribution in [0, 0.1) is 6.85 Å². The van der Waals surface area contributed by atoms with Crippen molar-refractivity contribution >= 4 is 5.69 Å². The minimum absolute atomic E-state index is 0.227. The van der Waals surface area contributed by atoms with Crippen LogP contribution in [0.5, 0.6) is 0 Å². The molecule has 0 saturated carbocycles. The van der Waals surface area contributed by atoms with Gasteiger partial charge in [-0.2, -0.15) is 13.2 Å². The molecule has 12 heavy (non-hydrogen) atoms. The van der Waals surface area contributed by atoms with Crippen molar-refractivity contribution in [2.45, 2.75) is 13.0 Å². The second-order valence-electron chi connectivity index (χ2n) is 2.16.